The predicted octanol–water partition coefficient (Wildman–Crippen LogP) is 4.80. The number of anilines is 1. The second-order valence-corrected chi connectivity index (χ2v) is 7.20. The molecule has 0 bridgehead atoms. The van der Waals surface area contributed by atoms with E-state index in [1.54, 1.807) is 12.1 Å². The summed E-state index contributed by atoms with van der Waals surface area (Å²) in [4.78, 5) is 24.1. The quantitative estimate of drug-likeness (QED) is 0.606. The highest BCUT2D eigenvalue weighted by Crippen LogP contribution is 2.20. The van der Waals surface area contributed by atoms with Crippen LogP contribution in [0.4, 0.5) is 10.5 Å². The molecule has 2 rings (SSSR count). The van der Waals surface area contributed by atoms with E-state index >= 15 is 0 Å². The van der Waals surface area contributed by atoms with Crippen molar-refractivity contribution in [2.75, 3.05) is 11.9 Å². The van der Waals surface area contributed by atoms with Crippen LogP contribution < -0.4 is 16.0 Å². The van der Waals surface area contributed by atoms with Crippen molar-refractivity contribution in [1.82, 2.24) is 10.6 Å². The standard InChI is InChI=1S/C19H21BrClN3O2/c1-3-16(13-4-7-15(21)8-5-13)24-19(26)22-11-18(25)23-17-9-6-14(20)10-12(17)2/h4-10,16H,3,11H2,1-2H3,(H,23,25)(H2,22,24,26). The highest BCUT2D eigenvalue weighted by atomic mass is 79.9. The Morgan fingerprint density at radius 3 is 2.46 bits per heavy atom. The first-order chi connectivity index (χ1) is 12.4. The Balaban J connectivity index is 1.85. The Morgan fingerprint density at radius 1 is 1.15 bits per heavy atom. The molecule has 0 heterocycles. The molecule has 3 N–H and O–H groups in total. The minimum Gasteiger partial charge on any atom is -0.331 e. The van der Waals surface area contributed by atoms with Gasteiger partial charge in [0.2, 0.25) is 5.91 Å². The number of aryl methyl sites for hydroxylation is 1. The molecular formula is C19H21BrClN3O2. The van der Waals surface area contributed by atoms with Crippen LogP contribution in [0.5, 0.6) is 0 Å². The number of hydrogen-bond donors (Lipinski definition) is 3. The van der Waals surface area contributed by atoms with Crippen molar-refractivity contribution in [3.63, 3.8) is 0 Å². The summed E-state index contributed by atoms with van der Waals surface area (Å²) in [6.45, 7) is 3.76. The molecule has 1 atom stereocenters. The lowest BCUT2D eigenvalue weighted by Gasteiger charge is -2.18. The Morgan fingerprint density at radius 2 is 1.85 bits per heavy atom. The fourth-order valence-electron chi connectivity index (χ4n) is 2.45. The van der Waals surface area contributed by atoms with Crippen molar-refractivity contribution in [3.8, 4) is 0 Å². The molecule has 5 nitrogen and oxygen atoms in total. The smallest absolute Gasteiger partial charge is 0.315 e. The first-order valence-electron chi connectivity index (χ1n) is 8.25. The van der Waals surface area contributed by atoms with Gasteiger partial charge in [0, 0.05) is 15.2 Å². The van der Waals surface area contributed by atoms with Crippen molar-refractivity contribution >= 4 is 45.2 Å². The van der Waals surface area contributed by atoms with Crippen molar-refractivity contribution in [1.29, 1.82) is 0 Å². The molecular weight excluding hydrogens is 418 g/mol. The second-order valence-electron chi connectivity index (χ2n) is 5.85. The van der Waals surface area contributed by atoms with E-state index < -0.39 is 6.03 Å². The number of urea groups is 1. The highest BCUT2D eigenvalue weighted by Gasteiger charge is 2.13. The zero-order valence-corrected chi connectivity index (χ0v) is 16.9. The lowest BCUT2D eigenvalue weighted by atomic mass is 10.1. The van der Waals surface area contributed by atoms with Crippen LogP contribution in [0.1, 0.15) is 30.5 Å². The van der Waals surface area contributed by atoms with Gasteiger partial charge < -0.3 is 16.0 Å². The maximum Gasteiger partial charge on any atom is 0.315 e. The average molecular weight is 439 g/mol. The molecule has 0 aliphatic heterocycles. The minimum absolute atomic E-state index is 0.113. The van der Waals surface area contributed by atoms with Crippen molar-refractivity contribution in [2.45, 2.75) is 26.3 Å². The van der Waals surface area contributed by atoms with Gasteiger partial charge in [0.15, 0.2) is 0 Å². The summed E-state index contributed by atoms with van der Waals surface area (Å²) in [6, 6.07) is 12.3. The van der Waals surface area contributed by atoms with Gasteiger partial charge in [-0.15, -0.1) is 0 Å². The largest absolute Gasteiger partial charge is 0.331 e. The number of carbonyl (C=O) groups excluding carboxylic acids is 2. The fraction of sp³-hybridized carbons (Fsp3) is 0.263. The lowest BCUT2D eigenvalue weighted by Crippen LogP contribution is -2.41. The van der Waals surface area contributed by atoms with Crippen LogP contribution >= 0.6 is 27.5 Å². The van der Waals surface area contributed by atoms with Gasteiger partial charge in [-0.3, -0.25) is 4.79 Å². The molecule has 0 aliphatic rings. The third kappa shape index (κ3) is 6.04. The van der Waals surface area contributed by atoms with E-state index in [1.807, 2.05) is 44.2 Å². The summed E-state index contributed by atoms with van der Waals surface area (Å²) < 4.78 is 0.943. The van der Waals surface area contributed by atoms with E-state index in [4.69, 9.17) is 11.6 Å². The number of amides is 3. The zero-order chi connectivity index (χ0) is 19.1. The Kier molecular flexibility index (Phi) is 7.48. The summed E-state index contributed by atoms with van der Waals surface area (Å²) in [7, 11) is 0. The van der Waals surface area contributed by atoms with E-state index in [1.165, 1.54) is 0 Å². The number of benzene rings is 2. The molecule has 1 unspecified atom stereocenters. The minimum atomic E-state index is -0.394. The molecule has 0 radical (unpaired) electrons. The van der Waals surface area contributed by atoms with Crippen LogP contribution in [0.25, 0.3) is 0 Å². The first-order valence-corrected chi connectivity index (χ1v) is 9.42. The third-order valence-corrected chi connectivity index (χ3v) is 4.60. The van der Waals surface area contributed by atoms with E-state index in [2.05, 4.69) is 31.9 Å². The van der Waals surface area contributed by atoms with E-state index in [9.17, 15) is 9.59 Å². The van der Waals surface area contributed by atoms with Crippen LogP contribution in [0.3, 0.4) is 0 Å². The summed E-state index contributed by atoms with van der Waals surface area (Å²) in [5, 5.41) is 8.87. The summed E-state index contributed by atoms with van der Waals surface area (Å²) in [5.74, 6) is -0.287. The Hall–Kier alpha value is -2.05. The molecule has 26 heavy (non-hydrogen) atoms. The van der Waals surface area contributed by atoms with Crippen molar-refractivity contribution in [2.24, 2.45) is 0 Å². The van der Waals surface area contributed by atoms with E-state index in [-0.39, 0.29) is 18.5 Å². The normalized spacial score (nSPS) is 11.5. The number of hydrogen-bond acceptors (Lipinski definition) is 2. The topological polar surface area (TPSA) is 70.2 Å². The molecule has 2 aromatic rings. The van der Waals surface area contributed by atoms with E-state index in [0.29, 0.717) is 10.7 Å². The molecule has 0 fully saturated rings. The molecule has 0 spiro atoms. The van der Waals surface area contributed by atoms with Gasteiger partial charge in [-0.2, -0.15) is 0 Å². The Labute approximate surface area is 166 Å². The zero-order valence-electron chi connectivity index (χ0n) is 14.6. The molecule has 3 amide bonds. The number of nitrogens with one attached hydrogen (secondary N) is 3. The molecule has 2 aromatic carbocycles. The number of halogens is 2. The lowest BCUT2D eigenvalue weighted by molar-refractivity contribution is -0.115. The van der Waals surface area contributed by atoms with Crippen LogP contribution in [0, 0.1) is 6.92 Å². The van der Waals surface area contributed by atoms with Gasteiger partial charge in [-0.1, -0.05) is 46.6 Å². The fourth-order valence-corrected chi connectivity index (χ4v) is 3.05. The number of rotatable bonds is 6. The maximum atomic E-state index is 12.1. The molecule has 7 heteroatoms. The second kappa shape index (κ2) is 9.59. The molecule has 138 valence electrons. The SMILES string of the molecule is CCC(NC(=O)NCC(=O)Nc1ccc(Br)cc1C)c1ccc(Cl)cc1. The van der Waals surface area contributed by atoms with Gasteiger partial charge >= 0.3 is 6.03 Å². The molecule has 0 aliphatic carbocycles. The maximum absolute atomic E-state index is 12.1. The van der Waals surface area contributed by atoms with Crippen LogP contribution in [-0.2, 0) is 4.79 Å². The summed E-state index contributed by atoms with van der Waals surface area (Å²) in [6.07, 6.45) is 0.722. The van der Waals surface area contributed by atoms with Crippen LogP contribution in [-0.4, -0.2) is 18.5 Å². The molecule has 0 aromatic heterocycles. The summed E-state index contributed by atoms with van der Waals surface area (Å²) >= 11 is 9.27. The first kappa shape index (κ1) is 20.3. The van der Waals surface area contributed by atoms with E-state index in [0.717, 1.165) is 22.0 Å². The monoisotopic (exact) mass is 437 g/mol. The average Bonchev–Trinajstić information content (AvgIpc) is 2.61. The van der Waals surface area contributed by atoms with Crippen LogP contribution in [0.15, 0.2) is 46.9 Å². The Bertz CT molecular complexity index is 781. The molecule has 0 saturated carbocycles. The van der Waals surface area contributed by atoms with Crippen molar-refractivity contribution in [3.05, 3.63) is 63.1 Å². The third-order valence-electron chi connectivity index (χ3n) is 3.86. The van der Waals surface area contributed by atoms with Gasteiger partial charge in [0.05, 0.1) is 12.6 Å². The van der Waals surface area contributed by atoms with Gasteiger partial charge in [-0.25, -0.2) is 4.79 Å². The van der Waals surface area contributed by atoms with Gasteiger partial charge in [-0.05, 0) is 54.8 Å². The predicted molar refractivity (Wildman–Crippen MR) is 109 cm³/mol. The van der Waals surface area contributed by atoms with Crippen LogP contribution in [0.2, 0.25) is 5.02 Å². The summed E-state index contributed by atoms with van der Waals surface area (Å²) in [5.41, 5.74) is 2.61. The highest BCUT2D eigenvalue weighted by molar-refractivity contribution is 9.10. The van der Waals surface area contributed by atoms with Crippen molar-refractivity contribution < 1.29 is 9.59 Å². The number of carbonyl (C=O) groups is 2. The van der Waals surface area contributed by atoms with Gasteiger partial charge in [0.25, 0.3) is 0 Å². The van der Waals surface area contributed by atoms with Gasteiger partial charge in [0.1, 0.15) is 0 Å². The molecule has 0 saturated heterocycles.